The van der Waals surface area contributed by atoms with Crippen molar-refractivity contribution in [2.45, 2.75) is 30.3 Å². The summed E-state index contributed by atoms with van der Waals surface area (Å²) in [4.78, 5) is 2.69. The van der Waals surface area contributed by atoms with E-state index in [1.165, 1.54) is 0 Å². The molecule has 1 spiro atoms. The van der Waals surface area contributed by atoms with Crippen molar-refractivity contribution in [2.24, 2.45) is 0 Å². The lowest BCUT2D eigenvalue weighted by atomic mass is 9.89. The highest BCUT2D eigenvalue weighted by atomic mass is 32.2. The zero-order valence-electron chi connectivity index (χ0n) is 13.2. The Balaban J connectivity index is 1.67. The number of likely N-dealkylation sites (tertiary alicyclic amines) is 1. The van der Waals surface area contributed by atoms with Gasteiger partial charge in [0.05, 0.1) is 16.1 Å². The molecule has 7 heteroatoms. The molecular formula is C16H19N3O3S. The van der Waals surface area contributed by atoms with Gasteiger partial charge in [0.1, 0.15) is 5.76 Å². The molecule has 1 fully saturated rings. The number of benzene rings is 1. The van der Waals surface area contributed by atoms with Gasteiger partial charge in [0.25, 0.3) is 0 Å². The van der Waals surface area contributed by atoms with Crippen LogP contribution in [0.5, 0.6) is 0 Å². The summed E-state index contributed by atoms with van der Waals surface area (Å²) in [6.07, 6.45) is 0.788. The molecule has 6 nitrogen and oxygen atoms in total. The molecule has 122 valence electrons. The molecule has 0 amide bonds. The fraction of sp³-hybridized carbons (Fsp3) is 0.438. The molecule has 2 aliphatic rings. The third-order valence-corrected chi connectivity index (χ3v) is 7.00. The van der Waals surface area contributed by atoms with Gasteiger partial charge in [-0.05, 0) is 25.0 Å². The predicted molar refractivity (Wildman–Crippen MR) is 84.2 cm³/mol. The summed E-state index contributed by atoms with van der Waals surface area (Å²) in [7, 11) is -1.70. The topological polar surface area (TPSA) is 66.7 Å². The Morgan fingerprint density at radius 3 is 2.87 bits per heavy atom. The smallest absolute Gasteiger partial charge is 0.244 e. The molecule has 2 aliphatic heterocycles. The molecule has 0 saturated carbocycles. The highest BCUT2D eigenvalue weighted by molar-refractivity contribution is 7.89. The standard InChI is InChI=1S/C16H19N3O3S/c1-12-9-13(17-22-12)10-19-8-7-16(11-19)14-5-3-4-6-15(14)23(20,21)18(16)2/h3-6,9H,7-8,10-11H2,1-2H3. The van der Waals surface area contributed by atoms with Gasteiger partial charge in [-0.15, -0.1) is 0 Å². The molecule has 0 bridgehead atoms. The minimum Gasteiger partial charge on any atom is -0.361 e. The van der Waals surface area contributed by atoms with Crippen LogP contribution in [0.15, 0.2) is 39.8 Å². The molecule has 1 saturated heterocycles. The quantitative estimate of drug-likeness (QED) is 0.837. The van der Waals surface area contributed by atoms with E-state index in [9.17, 15) is 8.42 Å². The van der Waals surface area contributed by atoms with Crippen molar-refractivity contribution in [2.75, 3.05) is 20.1 Å². The average molecular weight is 333 g/mol. The van der Waals surface area contributed by atoms with E-state index in [2.05, 4.69) is 10.1 Å². The van der Waals surface area contributed by atoms with Gasteiger partial charge in [0, 0.05) is 32.7 Å². The van der Waals surface area contributed by atoms with Crippen LogP contribution < -0.4 is 0 Å². The van der Waals surface area contributed by atoms with Crippen LogP contribution in [0.2, 0.25) is 0 Å². The van der Waals surface area contributed by atoms with Gasteiger partial charge >= 0.3 is 0 Å². The fourth-order valence-electron chi connectivity index (χ4n) is 3.83. The molecule has 0 radical (unpaired) electrons. The van der Waals surface area contributed by atoms with E-state index in [1.54, 1.807) is 23.5 Å². The number of hydrogen-bond acceptors (Lipinski definition) is 5. The van der Waals surface area contributed by atoms with Crippen molar-refractivity contribution in [3.63, 3.8) is 0 Å². The Morgan fingerprint density at radius 1 is 1.35 bits per heavy atom. The highest BCUT2D eigenvalue weighted by Gasteiger charge is 2.54. The van der Waals surface area contributed by atoms with Gasteiger partial charge in [-0.3, -0.25) is 4.90 Å². The second-order valence-electron chi connectivity index (χ2n) is 6.39. The van der Waals surface area contributed by atoms with Gasteiger partial charge in [0.15, 0.2) is 0 Å². The Labute approximate surface area is 135 Å². The second-order valence-corrected chi connectivity index (χ2v) is 8.33. The lowest BCUT2D eigenvalue weighted by Crippen LogP contribution is -2.43. The molecule has 1 aromatic heterocycles. The van der Waals surface area contributed by atoms with E-state index >= 15 is 0 Å². The predicted octanol–water partition coefficient (Wildman–Crippen LogP) is 1.72. The average Bonchev–Trinajstić information content (AvgIpc) is 3.17. The van der Waals surface area contributed by atoms with E-state index in [0.29, 0.717) is 18.0 Å². The number of rotatable bonds is 2. The largest absolute Gasteiger partial charge is 0.361 e. The zero-order valence-corrected chi connectivity index (χ0v) is 14.0. The molecule has 1 aromatic carbocycles. The van der Waals surface area contributed by atoms with Crippen LogP contribution in [-0.4, -0.2) is 42.9 Å². The first-order valence-electron chi connectivity index (χ1n) is 7.67. The van der Waals surface area contributed by atoms with Crippen molar-refractivity contribution in [3.8, 4) is 0 Å². The van der Waals surface area contributed by atoms with Gasteiger partial charge in [-0.25, -0.2) is 8.42 Å². The van der Waals surface area contributed by atoms with Crippen molar-refractivity contribution in [1.82, 2.24) is 14.4 Å². The van der Waals surface area contributed by atoms with Crippen LogP contribution >= 0.6 is 0 Å². The first-order chi connectivity index (χ1) is 10.9. The minimum absolute atomic E-state index is 0.446. The van der Waals surface area contributed by atoms with Crippen molar-refractivity contribution >= 4 is 10.0 Å². The van der Waals surface area contributed by atoms with E-state index in [0.717, 1.165) is 30.0 Å². The molecule has 1 unspecified atom stereocenters. The summed E-state index contributed by atoms with van der Waals surface area (Å²) in [6.45, 7) is 4.05. The van der Waals surface area contributed by atoms with Crippen molar-refractivity contribution in [3.05, 3.63) is 47.3 Å². The van der Waals surface area contributed by atoms with Gasteiger partial charge in [-0.2, -0.15) is 4.31 Å². The first kappa shape index (κ1) is 14.9. The molecule has 23 heavy (non-hydrogen) atoms. The molecule has 3 heterocycles. The van der Waals surface area contributed by atoms with Crippen LogP contribution in [0, 0.1) is 6.92 Å². The van der Waals surface area contributed by atoms with Crippen LogP contribution in [-0.2, 0) is 22.1 Å². The SMILES string of the molecule is Cc1cc(CN2CCC3(C2)c2ccccc2S(=O)(=O)N3C)no1. The van der Waals surface area contributed by atoms with Crippen LogP contribution in [0.3, 0.4) is 0 Å². The van der Waals surface area contributed by atoms with Crippen molar-refractivity contribution < 1.29 is 12.9 Å². The summed E-state index contributed by atoms with van der Waals surface area (Å²) in [5.74, 6) is 0.791. The summed E-state index contributed by atoms with van der Waals surface area (Å²) in [5, 5.41) is 4.04. The molecule has 4 rings (SSSR count). The summed E-state index contributed by atoms with van der Waals surface area (Å²) >= 11 is 0. The van der Waals surface area contributed by atoms with Crippen molar-refractivity contribution in [1.29, 1.82) is 0 Å². The van der Waals surface area contributed by atoms with Gasteiger partial charge < -0.3 is 4.52 Å². The number of likely N-dealkylation sites (N-methyl/N-ethyl adjacent to an activating group) is 1. The van der Waals surface area contributed by atoms with Gasteiger partial charge in [-0.1, -0.05) is 23.4 Å². The summed E-state index contributed by atoms with van der Waals surface area (Å²) < 4.78 is 32.1. The monoisotopic (exact) mass is 333 g/mol. The Morgan fingerprint density at radius 2 is 2.13 bits per heavy atom. The van der Waals surface area contributed by atoms with E-state index < -0.39 is 15.6 Å². The Kier molecular flexibility index (Phi) is 3.16. The highest BCUT2D eigenvalue weighted by Crippen LogP contribution is 2.48. The number of fused-ring (bicyclic) bond motifs is 2. The Bertz CT molecular complexity index is 861. The number of aryl methyl sites for hydroxylation is 1. The molecule has 2 aromatic rings. The first-order valence-corrected chi connectivity index (χ1v) is 9.11. The lowest BCUT2D eigenvalue weighted by Gasteiger charge is -2.31. The van der Waals surface area contributed by atoms with Gasteiger partial charge in [0.2, 0.25) is 10.0 Å². The molecular weight excluding hydrogens is 314 g/mol. The van der Waals surface area contributed by atoms with E-state index in [-0.39, 0.29) is 0 Å². The second kappa shape index (κ2) is 4.90. The lowest BCUT2D eigenvalue weighted by molar-refractivity contribution is 0.214. The number of hydrogen-bond donors (Lipinski definition) is 0. The molecule has 1 atom stereocenters. The maximum absolute atomic E-state index is 12.7. The van der Waals surface area contributed by atoms with Crippen LogP contribution in [0.25, 0.3) is 0 Å². The normalized spacial score (nSPS) is 26.9. The van der Waals surface area contributed by atoms with Crippen LogP contribution in [0.4, 0.5) is 0 Å². The maximum Gasteiger partial charge on any atom is 0.244 e. The number of aromatic nitrogens is 1. The molecule has 0 aliphatic carbocycles. The van der Waals surface area contributed by atoms with E-state index in [1.807, 2.05) is 25.1 Å². The van der Waals surface area contributed by atoms with E-state index in [4.69, 9.17) is 4.52 Å². The zero-order chi connectivity index (χ0) is 16.2. The number of nitrogens with zero attached hydrogens (tertiary/aromatic N) is 3. The third-order valence-electron chi connectivity index (χ3n) is 5.02. The van der Waals surface area contributed by atoms with Crippen LogP contribution in [0.1, 0.15) is 23.4 Å². The third kappa shape index (κ3) is 2.07. The number of sulfonamides is 1. The fourth-order valence-corrected chi connectivity index (χ4v) is 5.62. The maximum atomic E-state index is 12.7. The summed E-state index contributed by atoms with van der Waals surface area (Å²) in [5.41, 5.74) is 1.34. The minimum atomic E-state index is -3.40. The Hall–Kier alpha value is -1.70. The summed E-state index contributed by atoms with van der Waals surface area (Å²) in [6, 6.07) is 9.28. The molecule has 0 N–H and O–H groups in total.